The van der Waals surface area contributed by atoms with Gasteiger partial charge in [-0.2, -0.15) is 0 Å². The van der Waals surface area contributed by atoms with Crippen molar-refractivity contribution in [2.45, 2.75) is 44.6 Å². The Bertz CT molecular complexity index is 1090. The van der Waals surface area contributed by atoms with Gasteiger partial charge in [-0.25, -0.2) is 17.8 Å². The Hall–Kier alpha value is -1.98. The normalized spacial score (nSPS) is 16.5. The molecular weight excluding hydrogens is 512 g/mol. The van der Waals surface area contributed by atoms with Crippen molar-refractivity contribution in [2.75, 3.05) is 19.6 Å². The van der Waals surface area contributed by atoms with E-state index in [-0.39, 0.29) is 31.4 Å². The van der Waals surface area contributed by atoms with E-state index >= 15 is 0 Å². The molecule has 0 radical (unpaired) electrons. The van der Waals surface area contributed by atoms with Gasteiger partial charge in [-0.3, -0.25) is 10.0 Å². The molecule has 0 aliphatic carbocycles. The lowest BCUT2D eigenvalue weighted by Crippen LogP contribution is -2.44. The zero-order valence-corrected chi connectivity index (χ0v) is 21.0. The molecule has 1 amide bonds. The fraction of sp³-hybridized carbons (Fsp3) is 0.435. The predicted octanol–water partition coefficient (Wildman–Crippen LogP) is 3.67. The van der Waals surface area contributed by atoms with E-state index in [9.17, 15) is 23.5 Å². The maximum Gasteiger partial charge on any atom is 0.233 e. The minimum absolute atomic E-state index is 0.0343. The summed E-state index contributed by atoms with van der Waals surface area (Å²) in [6, 6.07) is 10.6. The molecule has 2 N–H and O–H groups in total. The lowest BCUT2D eigenvalue weighted by molar-refractivity contribution is -0.149. The molecule has 1 aliphatic heterocycles. The number of aryl methyl sites for hydroxylation is 2. The van der Waals surface area contributed by atoms with Gasteiger partial charge in [0.05, 0.1) is 23.7 Å². The molecule has 10 heteroatoms. The number of carbonyl (C=O) groups excluding carboxylic acids is 1. The van der Waals surface area contributed by atoms with E-state index in [1.807, 2.05) is 13.8 Å². The number of aromatic hydroxyl groups is 1. The van der Waals surface area contributed by atoms with Crippen LogP contribution >= 0.6 is 15.9 Å². The highest BCUT2D eigenvalue weighted by Crippen LogP contribution is 2.33. The van der Waals surface area contributed by atoms with Gasteiger partial charge >= 0.3 is 0 Å². The summed E-state index contributed by atoms with van der Waals surface area (Å²) in [5.74, 6) is -0.0343. The third-order valence-corrected chi connectivity index (χ3v) is 8.78. The minimum atomic E-state index is -3.90. The monoisotopic (exact) mass is 540 g/mol. The number of phenolic OH excluding ortho intramolecular Hbond substituents is 1. The number of piperidine rings is 1. The second-order valence-electron chi connectivity index (χ2n) is 8.31. The summed E-state index contributed by atoms with van der Waals surface area (Å²) >= 11 is 3.19. The first kappa shape index (κ1) is 25.6. The highest BCUT2D eigenvalue weighted by Gasteiger charge is 2.37. The lowest BCUT2D eigenvalue weighted by atomic mass is 10.1. The number of sulfonamides is 1. The van der Waals surface area contributed by atoms with Crippen molar-refractivity contribution in [3.05, 3.63) is 63.1 Å². The molecule has 0 aromatic heterocycles. The first-order chi connectivity index (χ1) is 15.6. The number of hydroxylamine groups is 2. The number of nitrogens with zero attached hydrogens (tertiary/aromatic N) is 2. The van der Waals surface area contributed by atoms with Crippen LogP contribution in [-0.4, -0.2) is 60.2 Å². The average molecular weight is 541 g/mol. The van der Waals surface area contributed by atoms with E-state index in [1.165, 1.54) is 28.1 Å². The Morgan fingerprint density at radius 3 is 2.55 bits per heavy atom. The molecule has 33 heavy (non-hydrogen) atoms. The smallest absolute Gasteiger partial charge is 0.233 e. The summed E-state index contributed by atoms with van der Waals surface area (Å²) in [6.45, 7) is 4.69. The summed E-state index contributed by atoms with van der Waals surface area (Å²) in [7, 11) is -3.90. The number of hydrogen-bond acceptors (Lipinski definition) is 6. The molecule has 8 nitrogen and oxygen atoms in total. The van der Waals surface area contributed by atoms with Crippen LogP contribution in [0.1, 0.15) is 40.3 Å². The third-order valence-electron chi connectivity index (χ3n) is 5.92. The topological polar surface area (TPSA) is 107 Å². The molecule has 2 aromatic rings. The van der Waals surface area contributed by atoms with Gasteiger partial charge in [0.2, 0.25) is 16.4 Å². The second-order valence-corrected chi connectivity index (χ2v) is 11.3. The van der Waals surface area contributed by atoms with Crippen LogP contribution in [0.5, 0.6) is 5.75 Å². The number of carbonyl (C=O) groups is 1. The van der Waals surface area contributed by atoms with Crippen LogP contribution in [0.4, 0.5) is 0 Å². The summed E-state index contributed by atoms with van der Waals surface area (Å²) in [4.78, 5) is 11.0. The number of benzene rings is 2. The minimum Gasteiger partial charge on any atom is -0.507 e. The van der Waals surface area contributed by atoms with E-state index in [0.29, 0.717) is 34.5 Å². The molecule has 2 aromatic carbocycles. The fourth-order valence-corrected chi connectivity index (χ4v) is 6.21. The molecule has 1 aliphatic rings. The number of halogens is 1. The molecule has 1 unspecified atom stereocenters. The molecule has 1 atom stereocenters. The van der Waals surface area contributed by atoms with E-state index in [0.717, 1.165) is 11.1 Å². The van der Waals surface area contributed by atoms with Gasteiger partial charge in [-0.15, -0.1) is 0 Å². The standard InChI is InChI=1S/C23H29BrN2O6S/c1-16-3-4-17(2)19(11-16)14-32-20-7-9-26(10-8-20)33(30,31)23(13-25(29)15-27)18-5-6-22(28)21(24)12-18/h3-6,11-12,15,20,23,28-29H,7-10,13-14H2,1-2H3. The molecular formula is C23H29BrN2O6S. The van der Waals surface area contributed by atoms with Crippen molar-refractivity contribution in [1.82, 2.24) is 9.37 Å². The highest BCUT2D eigenvalue weighted by molar-refractivity contribution is 9.10. The molecule has 0 bridgehead atoms. The Kier molecular flexibility index (Phi) is 8.52. The van der Waals surface area contributed by atoms with Crippen LogP contribution < -0.4 is 0 Å². The SMILES string of the molecule is Cc1ccc(C)c(COC2CCN(S(=O)(=O)C(CN(O)C=O)c3ccc(O)c(Br)c3)CC2)c1. The first-order valence-electron chi connectivity index (χ1n) is 10.7. The Morgan fingerprint density at radius 2 is 1.91 bits per heavy atom. The van der Waals surface area contributed by atoms with Crippen molar-refractivity contribution >= 4 is 32.4 Å². The van der Waals surface area contributed by atoms with Crippen LogP contribution in [-0.2, 0) is 26.2 Å². The van der Waals surface area contributed by atoms with Crippen LogP contribution in [0.3, 0.4) is 0 Å². The van der Waals surface area contributed by atoms with Gasteiger partial charge in [0.1, 0.15) is 11.0 Å². The van der Waals surface area contributed by atoms with Crippen LogP contribution in [0.25, 0.3) is 0 Å². The molecule has 0 saturated carbocycles. The van der Waals surface area contributed by atoms with Crippen LogP contribution in [0, 0.1) is 13.8 Å². The first-order valence-corrected chi connectivity index (χ1v) is 13.0. The van der Waals surface area contributed by atoms with Gasteiger partial charge in [0.25, 0.3) is 0 Å². The number of rotatable bonds is 9. The average Bonchev–Trinajstić information content (AvgIpc) is 2.80. The molecule has 1 fully saturated rings. The zero-order valence-electron chi connectivity index (χ0n) is 18.6. The molecule has 1 saturated heterocycles. The van der Waals surface area contributed by atoms with Crippen molar-refractivity contribution in [1.29, 1.82) is 0 Å². The van der Waals surface area contributed by atoms with Crippen LogP contribution in [0.15, 0.2) is 40.9 Å². The lowest BCUT2D eigenvalue weighted by Gasteiger charge is -2.34. The number of hydrogen-bond donors (Lipinski definition) is 2. The largest absolute Gasteiger partial charge is 0.507 e. The Balaban J connectivity index is 1.69. The second kappa shape index (κ2) is 11.0. The van der Waals surface area contributed by atoms with E-state index < -0.39 is 21.8 Å². The van der Waals surface area contributed by atoms with Gasteiger partial charge in [-0.1, -0.05) is 29.8 Å². The Labute approximate surface area is 202 Å². The quantitative estimate of drug-likeness (QED) is 0.285. The summed E-state index contributed by atoms with van der Waals surface area (Å²) in [5, 5.41) is 18.6. The summed E-state index contributed by atoms with van der Waals surface area (Å²) in [6.07, 6.45) is 1.21. The molecule has 180 valence electrons. The van der Waals surface area contributed by atoms with E-state index in [2.05, 4.69) is 34.1 Å². The molecule has 1 heterocycles. The molecule has 0 spiro atoms. The summed E-state index contributed by atoms with van der Waals surface area (Å²) in [5.41, 5.74) is 3.81. The number of amides is 1. The van der Waals surface area contributed by atoms with Crippen molar-refractivity contribution < 1.29 is 28.3 Å². The maximum absolute atomic E-state index is 13.5. The van der Waals surface area contributed by atoms with Crippen molar-refractivity contribution in [3.63, 3.8) is 0 Å². The van der Waals surface area contributed by atoms with Gasteiger partial charge in [-0.05, 0) is 71.4 Å². The van der Waals surface area contributed by atoms with Gasteiger partial charge in [0.15, 0.2) is 0 Å². The number of ether oxygens (including phenoxy) is 1. The highest BCUT2D eigenvalue weighted by atomic mass is 79.9. The van der Waals surface area contributed by atoms with Crippen molar-refractivity contribution in [3.8, 4) is 5.75 Å². The zero-order chi connectivity index (χ0) is 24.2. The number of phenols is 1. The maximum atomic E-state index is 13.5. The third kappa shape index (κ3) is 6.33. The van der Waals surface area contributed by atoms with Crippen LogP contribution in [0.2, 0.25) is 0 Å². The Morgan fingerprint density at radius 1 is 1.21 bits per heavy atom. The van der Waals surface area contributed by atoms with Gasteiger partial charge < -0.3 is 9.84 Å². The molecule has 3 rings (SSSR count). The van der Waals surface area contributed by atoms with E-state index in [4.69, 9.17) is 4.74 Å². The summed E-state index contributed by atoms with van der Waals surface area (Å²) < 4.78 is 34.7. The van der Waals surface area contributed by atoms with Gasteiger partial charge in [0, 0.05) is 13.1 Å². The predicted molar refractivity (Wildman–Crippen MR) is 127 cm³/mol. The fourth-order valence-electron chi connectivity index (χ4n) is 3.90. The van der Waals surface area contributed by atoms with Crippen molar-refractivity contribution in [2.24, 2.45) is 0 Å². The van der Waals surface area contributed by atoms with E-state index in [1.54, 1.807) is 0 Å².